The molecule has 0 atom stereocenters. The molecule has 0 bridgehead atoms. The number of fused-ring (bicyclic) bond motifs is 1. The van der Waals surface area contributed by atoms with Crippen LogP contribution in [0, 0.1) is 5.41 Å². The third-order valence-electron chi connectivity index (χ3n) is 4.25. The molecule has 1 aliphatic rings. The molecule has 0 saturated carbocycles. The van der Waals surface area contributed by atoms with E-state index in [-0.39, 0.29) is 5.91 Å². The van der Waals surface area contributed by atoms with E-state index in [4.69, 9.17) is 23.2 Å². The van der Waals surface area contributed by atoms with Gasteiger partial charge in [-0.3, -0.25) is 9.89 Å². The average molecular weight is 352 g/mol. The maximum absolute atomic E-state index is 12.7. The molecule has 0 saturated heterocycles. The largest absolute Gasteiger partial charge is 0.337 e. The van der Waals surface area contributed by atoms with Gasteiger partial charge >= 0.3 is 0 Å². The molecule has 1 aliphatic heterocycles. The van der Waals surface area contributed by atoms with Gasteiger partial charge in [-0.25, -0.2) is 0 Å². The number of H-pyrrole nitrogens is 1. The first kappa shape index (κ1) is 16.3. The molecule has 23 heavy (non-hydrogen) atoms. The number of alkyl halides is 1. The van der Waals surface area contributed by atoms with Crippen molar-refractivity contribution in [2.75, 3.05) is 12.4 Å². The molecule has 0 radical (unpaired) electrons. The van der Waals surface area contributed by atoms with Crippen LogP contribution in [0.3, 0.4) is 0 Å². The molecule has 0 spiro atoms. The third-order valence-corrected chi connectivity index (χ3v) is 5.17. The molecule has 0 fully saturated rings. The summed E-state index contributed by atoms with van der Waals surface area (Å²) in [5, 5.41) is 8.24. The fourth-order valence-corrected chi connectivity index (χ4v) is 3.04. The van der Waals surface area contributed by atoms with Gasteiger partial charge in [0.15, 0.2) is 0 Å². The predicted molar refractivity (Wildman–Crippen MR) is 92.7 cm³/mol. The number of rotatable bonds is 3. The summed E-state index contributed by atoms with van der Waals surface area (Å²) < 4.78 is 0. The molecule has 4 nitrogen and oxygen atoms in total. The van der Waals surface area contributed by atoms with E-state index in [2.05, 4.69) is 10.2 Å². The van der Waals surface area contributed by atoms with Crippen molar-refractivity contribution >= 4 is 29.1 Å². The van der Waals surface area contributed by atoms with Gasteiger partial charge in [-0.2, -0.15) is 5.10 Å². The van der Waals surface area contributed by atoms with Crippen LogP contribution in [0.2, 0.25) is 5.02 Å². The maximum Gasteiger partial charge on any atom is 0.229 e. The van der Waals surface area contributed by atoms with Gasteiger partial charge in [0, 0.05) is 47.2 Å². The molecule has 122 valence electrons. The molecule has 1 aromatic carbocycles. The molecule has 0 unspecified atom stereocenters. The Labute approximate surface area is 145 Å². The minimum Gasteiger partial charge on any atom is -0.337 e. The standard InChI is InChI=1S/C17H19Cl2N3O/c1-17(2,10-18)16(23)22-8-7-14-13(9-22)15(21-20-14)11-3-5-12(19)6-4-11/h3-6H,7-10H2,1-2H3,(H,20,21). The van der Waals surface area contributed by atoms with Crippen molar-refractivity contribution in [3.63, 3.8) is 0 Å². The van der Waals surface area contributed by atoms with Gasteiger partial charge < -0.3 is 4.90 Å². The SMILES string of the molecule is CC(C)(CCl)C(=O)N1CCc2[nH]nc(-c3ccc(Cl)cc3)c2C1. The Balaban J connectivity index is 1.90. The van der Waals surface area contributed by atoms with Crippen molar-refractivity contribution in [2.45, 2.75) is 26.8 Å². The van der Waals surface area contributed by atoms with Crippen molar-refractivity contribution in [1.82, 2.24) is 15.1 Å². The van der Waals surface area contributed by atoms with E-state index in [9.17, 15) is 4.79 Å². The maximum atomic E-state index is 12.7. The Morgan fingerprint density at radius 1 is 1.35 bits per heavy atom. The van der Waals surface area contributed by atoms with Crippen molar-refractivity contribution in [3.05, 3.63) is 40.5 Å². The minimum absolute atomic E-state index is 0.0846. The summed E-state index contributed by atoms with van der Waals surface area (Å²) in [5.74, 6) is 0.395. The van der Waals surface area contributed by atoms with Crippen molar-refractivity contribution in [3.8, 4) is 11.3 Å². The highest BCUT2D eigenvalue weighted by Gasteiger charge is 2.34. The summed E-state index contributed by atoms with van der Waals surface area (Å²) in [6.07, 6.45) is 0.778. The minimum atomic E-state index is -0.552. The summed E-state index contributed by atoms with van der Waals surface area (Å²) in [4.78, 5) is 14.5. The Morgan fingerprint density at radius 2 is 2.04 bits per heavy atom. The van der Waals surface area contributed by atoms with Gasteiger partial charge in [0.05, 0.1) is 11.1 Å². The number of aromatic amines is 1. The van der Waals surface area contributed by atoms with Crippen LogP contribution in [0.1, 0.15) is 25.1 Å². The number of nitrogens with zero attached hydrogens (tertiary/aromatic N) is 2. The fraction of sp³-hybridized carbons (Fsp3) is 0.412. The first-order chi connectivity index (χ1) is 10.9. The van der Waals surface area contributed by atoms with Gasteiger partial charge in [-0.15, -0.1) is 11.6 Å². The molecule has 2 aromatic rings. The second-order valence-electron chi connectivity index (χ2n) is 6.53. The second kappa shape index (κ2) is 6.17. The second-order valence-corrected chi connectivity index (χ2v) is 7.23. The number of benzene rings is 1. The first-order valence-corrected chi connectivity index (χ1v) is 8.51. The zero-order valence-corrected chi connectivity index (χ0v) is 14.7. The van der Waals surface area contributed by atoms with Crippen LogP contribution >= 0.6 is 23.2 Å². The number of amides is 1. The molecule has 1 aromatic heterocycles. The van der Waals surface area contributed by atoms with Crippen molar-refractivity contribution in [2.24, 2.45) is 5.41 Å². The lowest BCUT2D eigenvalue weighted by molar-refractivity contribution is -0.140. The number of nitrogens with one attached hydrogen (secondary N) is 1. The van der Waals surface area contributed by atoms with Crippen LogP contribution in [0.25, 0.3) is 11.3 Å². The van der Waals surface area contributed by atoms with Gasteiger partial charge in [-0.1, -0.05) is 23.7 Å². The summed E-state index contributed by atoms with van der Waals surface area (Å²) in [6.45, 7) is 5.01. The van der Waals surface area contributed by atoms with E-state index in [1.54, 1.807) is 0 Å². The molecule has 6 heteroatoms. The highest BCUT2D eigenvalue weighted by atomic mass is 35.5. The molecular weight excluding hydrogens is 333 g/mol. The number of aromatic nitrogens is 2. The fourth-order valence-electron chi connectivity index (χ4n) is 2.80. The van der Waals surface area contributed by atoms with Crippen LogP contribution in [0.4, 0.5) is 0 Å². The van der Waals surface area contributed by atoms with E-state index in [1.807, 2.05) is 43.0 Å². The summed E-state index contributed by atoms with van der Waals surface area (Å²) in [7, 11) is 0. The highest BCUT2D eigenvalue weighted by molar-refractivity contribution is 6.30. The summed E-state index contributed by atoms with van der Waals surface area (Å²) >= 11 is 11.9. The van der Waals surface area contributed by atoms with Gasteiger partial charge in [0.25, 0.3) is 0 Å². The third kappa shape index (κ3) is 3.10. The lowest BCUT2D eigenvalue weighted by Crippen LogP contribution is -2.44. The Hall–Kier alpha value is -1.52. The number of halogens is 2. The molecule has 3 rings (SSSR count). The monoisotopic (exact) mass is 351 g/mol. The molecule has 2 heterocycles. The van der Waals surface area contributed by atoms with E-state index in [0.29, 0.717) is 24.0 Å². The first-order valence-electron chi connectivity index (χ1n) is 7.60. The van der Waals surface area contributed by atoms with Crippen molar-refractivity contribution < 1.29 is 4.79 Å². The van der Waals surface area contributed by atoms with Crippen LogP contribution < -0.4 is 0 Å². The smallest absolute Gasteiger partial charge is 0.229 e. The molecular formula is C17H19Cl2N3O. The predicted octanol–water partition coefficient (Wildman–Crippen LogP) is 3.88. The Bertz CT molecular complexity index is 722. The van der Waals surface area contributed by atoms with E-state index >= 15 is 0 Å². The number of hydrogen-bond acceptors (Lipinski definition) is 2. The zero-order valence-electron chi connectivity index (χ0n) is 13.2. The summed E-state index contributed by atoms with van der Waals surface area (Å²) in [6, 6.07) is 7.59. The summed E-state index contributed by atoms with van der Waals surface area (Å²) in [5.41, 5.74) is 3.51. The van der Waals surface area contributed by atoms with E-state index in [0.717, 1.165) is 28.9 Å². The average Bonchev–Trinajstić information content (AvgIpc) is 2.98. The number of hydrogen-bond donors (Lipinski definition) is 1. The number of carbonyl (C=O) groups is 1. The van der Waals surface area contributed by atoms with E-state index in [1.165, 1.54) is 0 Å². The molecule has 1 amide bonds. The van der Waals surface area contributed by atoms with Gasteiger partial charge in [-0.05, 0) is 26.0 Å². The topological polar surface area (TPSA) is 49.0 Å². The quantitative estimate of drug-likeness (QED) is 0.853. The highest BCUT2D eigenvalue weighted by Crippen LogP contribution is 2.31. The number of carbonyl (C=O) groups excluding carboxylic acids is 1. The Morgan fingerprint density at radius 3 is 2.70 bits per heavy atom. The normalized spacial score (nSPS) is 14.7. The van der Waals surface area contributed by atoms with Crippen LogP contribution in [0.5, 0.6) is 0 Å². The van der Waals surface area contributed by atoms with Crippen molar-refractivity contribution in [1.29, 1.82) is 0 Å². The molecule has 0 aliphatic carbocycles. The van der Waals surface area contributed by atoms with Crippen LogP contribution in [-0.4, -0.2) is 33.4 Å². The van der Waals surface area contributed by atoms with E-state index < -0.39 is 5.41 Å². The molecule has 1 N–H and O–H groups in total. The zero-order chi connectivity index (χ0) is 16.6. The van der Waals surface area contributed by atoms with Gasteiger partial charge in [0.1, 0.15) is 0 Å². The van der Waals surface area contributed by atoms with Crippen LogP contribution in [-0.2, 0) is 17.8 Å². The van der Waals surface area contributed by atoms with Crippen LogP contribution in [0.15, 0.2) is 24.3 Å². The Kier molecular flexibility index (Phi) is 4.39. The lowest BCUT2D eigenvalue weighted by atomic mass is 9.92. The van der Waals surface area contributed by atoms with Gasteiger partial charge in [0.2, 0.25) is 5.91 Å². The lowest BCUT2D eigenvalue weighted by Gasteiger charge is -2.33.